The number of hydrogen-bond acceptors (Lipinski definition) is 6. The van der Waals surface area contributed by atoms with E-state index in [0.717, 1.165) is 11.8 Å². The highest BCUT2D eigenvalue weighted by atomic mass is 16.2. The number of carbonyl (C=O) groups is 2. The first-order valence-electron chi connectivity index (χ1n) is 9.83. The zero-order valence-corrected chi connectivity index (χ0v) is 16.5. The van der Waals surface area contributed by atoms with E-state index in [-0.39, 0.29) is 23.4 Å². The fourth-order valence-corrected chi connectivity index (χ4v) is 3.38. The van der Waals surface area contributed by atoms with Crippen LogP contribution in [0.15, 0.2) is 47.4 Å². The van der Waals surface area contributed by atoms with Crippen LogP contribution in [0.3, 0.4) is 0 Å². The Bertz CT molecular complexity index is 1140. The molecule has 30 heavy (non-hydrogen) atoms. The van der Waals surface area contributed by atoms with Gasteiger partial charge < -0.3 is 20.5 Å². The number of nitrogens with one attached hydrogen (secondary N) is 3. The van der Waals surface area contributed by atoms with E-state index in [4.69, 9.17) is 0 Å². The van der Waals surface area contributed by atoms with E-state index in [0.29, 0.717) is 42.4 Å². The molecule has 0 bridgehead atoms. The molecule has 1 aliphatic heterocycles. The number of pyridine rings is 1. The average molecular weight is 406 g/mol. The predicted molar refractivity (Wildman–Crippen MR) is 113 cm³/mol. The molecule has 1 saturated heterocycles. The summed E-state index contributed by atoms with van der Waals surface area (Å²) in [5.74, 6) is 0.290. The Kier molecular flexibility index (Phi) is 5.42. The summed E-state index contributed by atoms with van der Waals surface area (Å²) in [6.45, 7) is 2.93. The molecule has 3 N–H and O–H groups in total. The zero-order chi connectivity index (χ0) is 21.1. The number of rotatable bonds is 5. The van der Waals surface area contributed by atoms with Crippen molar-refractivity contribution >= 4 is 34.5 Å². The lowest BCUT2D eigenvalue weighted by Crippen LogP contribution is -2.31. The lowest BCUT2D eigenvalue weighted by Gasteiger charge is -2.17. The van der Waals surface area contributed by atoms with Crippen molar-refractivity contribution < 1.29 is 9.59 Å². The van der Waals surface area contributed by atoms with E-state index in [2.05, 4.69) is 25.6 Å². The molecule has 3 heterocycles. The molecule has 9 heteroatoms. The van der Waals surface area contributed by atoms with Gasteiger partial charge in [-0.25, -0.2) is 4.98 Å². The molecule has 1 atom stereocenters. The molecule has 4 rings (SSSR count). The molecule has 2 amide bonds. The van der Waals surface area contributed by atoms with Gasteiger partial charge >= 0.3 is 0 Å². The number of hydrogen-bond donors (Lipinski definition) is 3. The standard InChI is InChI=1S/C21H22N6O3/c1-2-17(28)23-15-6-3-13(4-7-15)20(30)27-10-9-16(12-27)24-21-22-11-14-5-8-18(29)25-19(14)26-21/h3-8,11,16H,2,9-10,12H2,1H3,(H,23,28)(H2,22,24,25,26,29)/t16-/m1/s1. The smallest absolute Gasteiger partial charge is 0.253 e. The number of aromatic nitrogens is 3. The van der Waals surface area contributed by atoms with Crippen LogP contribution in [0.2, 0.25) is 0 Å². The van der Waals surface area contributed by atoms with Gasteiger partial charge in [-0.3, -0.25) is 14.4 Å². The van der Waals surface area contributed by atoms with E-state index >= 15 is 0 Å². The Morgan fingerprint density at radius 3 is 2.77 bits per heavy atom. The molecule has 0 radical (unpaired) electrons. The molecular weight excluding hydrogens is 384 g/mol. The van der Waals surface area contributed by atoms with Gasteiger partial charge in [-0.1, -0.05) is 6.92 Å². The Morgan fingerprint density at radius 1 is 1.20 bits per heavy atom. The first-order valence-corrected chi connectivity index (χ1v) is 9.83. The summed E-state index contributed by atoms with van der Waals surface area (Å²) in [5, 5.41) is 6.76. The summed E-state index contributed by atoms with van der Waals surface area (Å²) < 4.78 is 0. The molecule has 1 aliphatic rings. The minimum atomic E-state index is -0.218. The lowest BCUT2D eigenvalue weighted by molar-refractivity contribution is -0.115. The third-order valence-electron chi connectivity index (χ3n) is 5.02. The van der Waals surface area contributed by atoms with Crippen molar-refractivity contribution in [3.8, 4) is 0 Å². The maximum Gasteiger partial charge on any atom is 0.253 e. The molecule has 2 aromatic heterocycles. The minimum Gasteiger partial charge on any atom is -0.350 e. The van der Waals surface area contributed by atoms with Crippen molar-refractivity contribution in [3.05, 3.63) is 58.5 Å². The second kappa shape index (κ2) is 8.32. The van der Waals surface area contributed by atoms with Gasteiger partial charge in [-0.2, -0.15) is 4.98 Å². The van der Waals surface area contributed by atoms with Gasteiger partial charge in [0.1, 0.15) is 5.65 Å². The first kappa shape index (κ1) is 19.6. The lowest BCUT2D eigenvalue weighted by atomic mass is 10.2. The third kappa shape index (κ3) is 4.29. The van der Waals surface area contributed by atoms with Crippen LogP contribution in [0.25, 0.3) is 11.0 Å². The van der Waals surface area contributed by atoms with Crippen molar-refractivity contribution in [2.24, 2.45) is 0 Å². The number of H-pyrrole nitrogens is 1. The topological polar surface area (TPSA) is 120 Å². The molecule has 0 saturated carbocycles. The highest BCUT2D eigenvalue weighted by molar-refractivity contribution is 5.96. The van der Waals surface area contributed by atoms with Gasteiger partial charge in [0.2, 0.25) is 17.4 Å². The largest absolute Gasteiger partial charge is 0.350 e. The number of anilines is 2. The third-order valence-corrected chi connectivity index (χ3v) is 5.02. The quantitative estimate of drug-likeness (QED) is 0.596. The van der Waals surface area contributed by atoms with Gasteiger partial charge in [0.05, 0.1) is 0 Å². The Balaban J connectivity index is 1.38. The van der Waals surface area contributed by atoms with Crippen LogP contribution in [-0.4, -0.2) is 50.8 Å². The number of amides is 2. The van der Waals surface area contributed by atoms with Crippen LogP contribution in [0.4, 0.5) is 11.6 Å². The minimum absolute atomic E-state index is 0.0185. The number of benzene rings is 1. The van der Waals surface area contributed by atoms with Crippen LogP contribution in [0.1, 0.15) is 30.1 Å². The fraction of sp³-hybridized carbons (Fsp3) is 0.286. The molecule has 0 aliphatic carbocycles. The van der Waals surface area contributed by atoms with Crippen molar-refractivity contribution in [2.75, 3.05) is 23.7 Å². The zero-order valence-electron chi connectivity index (χ0n) is 16.5. The molecule has 0 unspecified atom stereocenters. The van der Waals surface area contributed by atoms with Crippen LogP contribution >= 0.6 is 0 Å². The Labute approximate surface area is 172 Å². The van der Waals surface area contributed by atoms with Gasteiger partial charge in [-0.05, 0) is 36.8 Å². The maximum atomic E-state index is 12.8. The number of nitrogens with zero attached hydrogens (tertiary/aromatic N) is 3. The Hall–Kier alpha value is -3.75. The maximum absolute atomic E-state index is 12.8. The van der Waals surface area contributed by atoms with Gasteiger partial charge in [0, 0.05) is 54.5 Å². The van der Waals surface area contributed by atoms with Crippen molar-refractivity contribution in [1.29, 1.82) is 0 Å². The van der Waals surface area contributed by atoms with Gasteiger partial charge in [0.15, 0.2) is 0 Å². The average Bonchev–Trinajstić information content (AvgIpc) is 3.22. The van der Waals surface area contributed by atoms with E-state index in [1.165, 1.54) is 6.07 Å². The van der Waals surface area contributed by atoms with Crippen LogP contribution in [-0.2, 0) is 4.79 Å². The number of aromatic amines is 1. The van der Waals surface area contributed by atoms with Crippen molar-refractivity contribution in [3.63, 3.8) is 0 Å². The summed E-state index contributed by atoms with van der Waals surface area (Å²) in [6.07, 6.45) is 2.82. The molecule has 1 fully saturated rings. The number of likely N-dealkylation sites (tertiary alicyclic amines) is 1. The molecular formula is C21H22N6O3. The normalized spacial score (nSPS) is 15.9. The van der Waals surface area contributed by atoms with Crippen molar-refractivity contribution in [1.82, 2.24) is 19.9 Å². The SMILES string of the molecule is CCC(=O)Nc1ccc(C(=O)N2CC[C@@H](Nc3ncc4ccc(=O)[nH]c4n3)C2)cc1. The van der Waals surface area contributed by atoms with Crippen molar-refractivity contribution in [2.45, 2.75) is 25.8 Å². The summed E-state index contributed by atoms with van der Waals surface area (Å²) in [4.78, 5) is 48.8. The van der Waals surface area contributed by atoms with E-state index < -0.39 is 0 Å². The fourth-order valence-electron chi connectivity index (χ4n) is 3.38. The monoisotopic (exact) mass is 406 g/mol. The molecule has 3 aromatic rings. The number of carbonyl (C=O) groups excluding carboxylic acids is 2. The molecule has 9 nitrogen and oxygen atoms in total. The molecule has 0 spiro atoms. The van der Waals surface area contributed by atoms with E-state index in [9.17, 15) is 14.4 Å². The second-order valence-electron chi connectivity index (χ2n) is 7.18. The predicted octanol–water partition coefficient (Wildman–Crippen LogP) is 1.99. The van der Waals surface area contributed by atoms with Crippen LogP contribution < -0.4 is 16.2 Å². The second-order valence-corrected chi connectivity index (χ2v) is 7.18. The van der Waals surface area contributed by atoms with E-state index in [1.54, 1.807) is 48.4 Å². The summed E-state index contributed by atoms with van der Waals surface area (Å²) >= 11 is 0. The number of fused-ring (bicyclic) bond motifs is 1. The highest BCUT2D eigenvalue weighted by Crippen LogP contribution is 2.18. The van der Waals surface area contributed by atoms with Gasteiger partial charge in [-0.15, -0.1) is 0 Å². The first-order chi connectivity index (χ1) is 14.5. The summed E-state index contributed by atoms with van der Waals surface area (Å²) in [5.41, 5.74) is 1.50. The van der Waals surface area contributed by atoms with Crippen LogP contribution in [0, 0.1) is 0 Å². The molecule has 1 aromatic carbocycles. The van der Waals surface area contributed by atoms with E-state index in [1.807, 2.05) is 0 Å². The molecule has 154 valence electrons. The highest BCUT2D eigenvalue weighted by Gasteiger charge is 2.27. The van der Waals surface area contributed by atoms with Gasteiger partial charge in [0.25, 0.3) is 5.91 Å². The van der Waals surface area contributed by atoms with Crippen LogP contribution in [0.5, 0.6) is 0 Å². The summed E-state index contributed by atoms with van der Waals surface area (Å²) in [7, 11) is 0. The summed E-state index contributed by atoms with van der Waals surface area (Å²) in [6, 6.07) is 10.0. The Morgan fingerprint density at radius 2 is 2.00 bits per heavy atom.